The number of benzene rings is 1. The molecule has 0 unspecified atom stereocenters. The van der Waals surface area contributed by atoms with Gasteiger partial charge < -0.3 is 9.67 Å². The zero-order chi connectivity index (χ0) is 16.6. The largest absolute Gasteiger partial charge is 0.382 e. The zero-order valence-electron chi connectivity index (χ0n) is 13.9. The second kappa shape index (κ2) is 5.75. The van der Waals surface area contributed by atoms with Gasteiger partial charge in [-0.15, -0.1) is 0 Å². The Kier molecular flexibility index (Phi) is 3.69. The maximum absolute atomic E-state index is 11.2. The SMILES string of the molecule is N#C[C@]1(c2ccccc2)CC[C@](O)(c2nccn2CC2CC2)CC1. The molecule has 0 atom stereocenters. The highest BCUT2D eigenvalue weighted by Crippen LogP contribution is 2.46. The molecule has 0 aliphatic heterocycles. The summed E-state index contributed by atoms with van der Waals surface area (Å²) in [5.41, 5.74) is -0.328. The minimum absolute atomic E-state index is 0.485. The molecule has 0 amide bonds. The summed E-state index contributed by atoms with van der Waals surface area (Å²) in [5.74, 6) is 1.53. The maximum Gasteiger partial charge on any atom is 0.140 e. The summed E-state index contributed by atoms with van der Waals surface area (Å²) in [4.78, 5) is 4.47. The third kappa shape index (κ3) is 2.63. The number of imidazole rings is 1. The van der Waals surface area contributed by atoms with Crippen molar-refractivity contribution in [1.29, 1.82) is 5.26 Å². The molecule has 2 fully saturated rings. The third-order valence-electron chi connectivity index (χ3n) is 5.75. The highest BCUT2D eigenvalue weighted by Gasteiger charge is 2.46. The Morgan fingerprint density at radius 2 is 1.88 bits per heavy atom. The summed E-state index contributed by atoms with van der Waals surface area (Å²) in [6.45, 7) is 0.958. The van der Waals surface area contributed by atoms with Crippen molar-refractivity contribution < 1.29 is 5.11 Å². The van der Waals surface area contributed by atoms with Crippen molar-refractivity contribution in [3.63, 3.8) is 0 Å². The van der Waals surface area contributed by atoms with Crippen LogP contribution in [-0.4, -0.2) is 14.7 Å². The minimum Gasteiger partial charge on any atom is -0.382 e. The highest BCUT2D eigenvalue weighted by atomic mass is 16.3. The van der Waals surface area contributed by atoms with Crippen LogP contribution in [0.3, 0.4) is 0 Å². The normalized spacial score (nSPS) is 30.0. The summed E-state index contributed by atoms with van der Waals surface area (Å²) >= 11 is 0. The molecule has 4 rings (SSSR count). The van der Waals surface area contributed by atoms with Crippen LogP contribution in [-0.2, 0) is 17.6 Å². The fourth-order valence-corrected chi connectivity index (χ4v) is 3.98. The van der Waals surface area contributed by atoms with Crippen LogP contribution < -0.4 is 0 Å². The van der Waals surface area contributed by atoms with Crippen LogP contribution in [0.15, 0.2) is 42.7 Å². The molecule has 1 N–H and O–H groups in total. The van der Waals surface area contributed by atoms with Gasteiger partial charge in [0.1, 0.15) is 11.4 Å². The predicted octanol–water partition coefficient (Wildman–Crippen LogP) is 3.52. The molecule has 1 aromatic heterocycles. The van der Waals surface area contributed by atoms with Crippen molar-refractivity contribution in [2.75, 3.05) is 0 Å². The summed E-state index contributed by atoms with van der Waals surface area (Å²) in [6, 6.07) is 12.5. The Bertz CT molecular complexity index is 747. The van der Waals surface area contributed by atoms with Crippen LogP contribution in [0.1, 0.15) is 49.9 Å². The van der Waals surface area contributed by atoms with Gasteiger partial charge in [0.2, 0.25) is 0 Å². The van der Waals surface area contributed by atoms with E-state index < -0.39 is 11.0 Å². The van der Waals surface area contributed by atoms with E-state index in [2.05, 4.69) is 15.6 Å². The van der Waals surface area contributed by atoms with Gasteiger partial charge in [0.15, 0.2) is 0 Å². The molecule has 0 bridgehead atoms. The fourth-order valence-electron chi connectivity index (χ4n) is 3.98. The minimum atomic E-state index is -0.909. The van der Waals surface area contributed by atoms with Crippen LogP contribution >= 0.6 is 0 Å². The Balaban J connectivity index is 1.56. The number of hydrogen-bond donors (Lipinski definition) is 1. The smallest absolute Gasteiger partial charge is 0.140 e. The quantitative estimate of drug-likeness (QED) is 0.937. The van der Waals surface area contributed by atoms with E-state index in [9.17, 15) is 10.4 Å². The first kappa shape index (κ1) is 15.4. The summed E-state index contributed by atoms with van der Waals surface area (Å²) in [5, 5.41) is 21.1. The lowest BCUT2D eigenvalue weighted by atomic mass is 9.66. The number of nitrogens with zero attached hydrogens (tertiary/aromatic N) is 3. The Morgan fingerprint density at radius 3 is 2.50 bits per heavy atom. The van der Waals surface area contributed by atoms with Crippen molar-refractivity contribution in [2.45, 2.75) is 56.1 Å². The lowest BCUT2D eigenvalue weighted by Crippen LogP contribution is -2.40. The van der Waals surface area contributed by atoms with Crippen LogP contribution in [0.5, 0.6) is 0 Å². The molecule has 0 spiro atoms. The molecule has 124 valence electrons. The molecule has 24 heavy (non-hydrogen) atoms. The molecular weight excluding hydrogens is 298 g/mol. The number of aromatic nitrogens is 2. The Morgan fingerprint density at radius 1 is 1.17 bits per heavy atom. The van der Waals surface area contributed by atoms with E-state index in [-0.39, 0.29) is 0 Å². The molecule has 2 aliphatic carbocycles. The van der Waals surface area contributed by atoms with E-state index >= 15 is 0 Å². The predicted molar refractivity (Wildman–Crippen MR) is 91.0 cm³/mol. The molecule has 0 saturated heterocycles. The van der Waals surface area contributed by atoms with Gasteiger partial charge in [0, 0.05) is 18.9 Å². The lowest BCUT2D eigenvalue weighted by Gasteiger charge is -2.40. The molecule has 2 saturated carbocycles. The van der Waals surface area contributed by atoms with Gasteiger partial charge in [0.05, 0.1) is 11.5 Å². The zero-order valence-corrected chi connectivity index (χ0v) is 13.9. The third-order valence-corrected chi connectivity index (χ3v) is 5.75. The van der Waals surface area contributed by atoms with Crippen molar-refractivity contribution in [2.24, 2.45) is 5.92 Å². The molecule has 4 heteroatoms. The van der Waals surface area contributed by atoms with Crippen LogP contribution in [0.2, 0.25) is 0 Å². The standard InChI is InChI=1S/C20H23N3O/c21-15-19(17-4-2-1-3-5-17)8-10-20(24,11-9-19)18-22-12-13-23(18)14-16-6-7-16/h1-5,12-13,16,24H,6-11,14H2/t19-,20+. The maximum atomic E-state index is 11.2. The van der Waals surface area contributed by atoms with E-state index in [4.69, 9.17) is 0 Å². The van der Waals surface area contributed by atoms with Gasteiger partial charge in [-0.25, -0.2) is 4.98 Å². The van der Waals surface area contributed by atoms with Crippen molar-refractivity contribution in [1.82, 2.24) is 9.55 Å². The first-order valence-corrected chi connectivity index (χ1v) is 8.86. The van der Waals surface area contributed by atoms with Crippen LogP contribution in [0, 0.1) is 17.2 Å². The molecule has 4 nitrogen and oxygen atoms in total. The van der Waals surface area contributed by atoms with Gasteiger partial charge in [-0.2, -0.15) is 5.26 Å². The summed E-state index contributed by atoms with van der Waals surface area (Å²) < 4.78 is 2.12. The highest BCUT2D eigenvalue weighted by molar-refractivity contribution is 5.34. The molecule has 1 heterocycles. The fraction of sp³-hybridized carbons (Fsp3) is 0.500. The number of aliphatic hydroxyl groups is 1. The van der Waals surface area contributed by atoms with Crippen LogP contribution in [0.25, 0.3) is 0 Å². The van der Waals surface area contributed by atoms with Crippen molar-refractivity contribution in [3.8, 4) is 6.07 Å². The first-order chi connectivity index (χ1) is 11.7. The average Bonchev–Trinajstić information content (AvgIpc) is 3.31. The Hall–Kier alpha value is -2.12. The summed E-state index contributed by atoms with van der Waals surface area (Å²) in [7, 11) is 0. The first-order valence-electron chi connectivity index (χ1n) is 8.86. The number of rotatable bonds is 4. The van der Waals surface area contributed by atoms with Gasteiger partial charge in [-0.3, -0.25) is 0 Å². The topological polar surface area (TPSA) is 61.8 Å². The van der Waals surface area contributed by atoms with Gasteiger partial charge in [-0.1, -0.05) is 30.3 Å². The molecule has 2 aromatic rings. The van der Waals surface area contributed by atoms with Crippen molar-refractivity contribution >= 4 is 0 Å². The van der Waals surface area contributed by atoms with E-state index in [1.54, 1.807) is 6.20 Å². The molecule has 0 radical (unpaired) electrons. The van der Waals surface area contributed by atoms with Crippen molar-refractivity contribution in [3.05, 3.63) is 54.1 Å². The molecular formula is C20H23N3O. The van der Waals surface area contributed by atoms with E-state index in [0.717, 1.165) is 23.9 Å². The second-order valence-corrected chi connectivity index (χ2v) is 7.44. The average molecular weight is 321 g/mol. The van der Waals surface area contributed by atoms with E-state index in [1.165, 1.54) is 12.8 Å². The number of nitriles is 1. The monoisotopic (exact) mass is 321 g/mol. The molecule has 2 aliphatic rings. The lowest BCUT2D eigenvalue weighted by molar-refractivity contribution is -0.0245. The van der Waals surface area contributed by atoms with Gasteiger partial charge >= 0.3 is 0 Å². The summed E-state index contributed by atoms with van der Waals surface area (Å²) in [6.07, 6.45) is 8.83. The van der Waals surface area contributed by atoms with Crippen LogP contribution in [0.4, 0.5) is 0 Å². The Labute approximate surface area is 142 Å². The van der Waals surface area contributed by atoms with E-state index in [1.807, 2.05) is 36.5 Å². The molecule has 1 aromatic carbocycles. The van der Waals surface area contributed by atoms with Gasteiger partial charge in [-0.05, 0) is 50.0 Å². The number of hydrogen-bond acceptors (Lipinski definition) is 3. The second-order valence-electron chi connectivity index (χ2n) is 7.44. The van der Waals surface area contributed by atoms with E-state index in [0.29, 0.717) is 25.7 Å². The van der Waals surface area contributed by atoms with Gasteiger partial charge in [0.25, 0.3) is 0 Å².